The van der Waals surface area contributed by atoms with Gasteiger partial charge in [0, 0.05) is 18.5 Å². The van der Waals surface area contributed by atoms with Crippen LogP contribution in [0.25, 0.3) is 0 Å². The summed E-state index contributed by atoms with van der Waals surface area (Å²) >= 11 is 0. The lowest BCUT2D eigenvalue weighted by molar-refractivity contribution is -0.118. The normalized spacial score (nSPS) is 13.9. The van der Waals surface area contributed by atoms with Crippen LogP contribution >= 0.6 is 0 Å². The van der Waals surface area contributed by atoms with E-state index < -0.39 is 0 Å². The molecule has 0 radical (unpaired) electrons. The molecule has 0 aliphatic carbocycles. The maximum absolute atomic E-state index is 12.2. The minimum absolute atomic E-state index is 0.117. The van der Waals surface area contributed by atoms with Crippen molar-refractivity contribution in [2.75, 3.05) is 11.4 Å². The lowest BCUT2D eigenvalue weighted by atomic mass is 9.95. The van der Waals surface area contributed by atoms with Gasteiger partial charge in [-0.1, -0.05) is 23.8 Å². The Kier molecular flexibility index (Phi) is 4.28. The number of carbonyl (C=O) groups is 1. The predicted molar refractivity (Wildman–Crippen MR) is 82.1 cm³/mol. The first-order valence-electron chi connectivity index (χ1n) is 6.93. The smallest absolute Gasteiger partial charge is 0.227 e. The van der Waals surface area contributed by atoms with E-state index in [0.29, 0.717) is 19.4 Å². The van der Waals surface area contributed by atoms with E-state index in [4.69, 9.17) is 0 Å². The molecule has 20 heavy (non-hydrogen) atoms. The first-order valence-corrected chi connectivity index (χ1v) is 6.93. The largest absolute Gasteiger partial charge is 0.508 e. The van der Waals surface area contributed by atoms with Crippen LogP contribution in [0.15, 0.2) is 36.4 Å². The third-order valence-corrected chi connectivity index (χ3v) is 3.55. The molecule has 1 aromatic rings. The van der Waals surface area contributed by atoms with Gasteiger partial charge in [-0.05, 0) is 38.3 Å². The molecule has 2 rings (SSSR count). The van der Waals surface area contributed by atoms with Crippen LogP contribution < -0.4 is 4.90 Å². The number of aryl methyl sites for hydroxylation is 1. The molecule has 0 fully saturated rings. The van der Waals surface area contributed by atoms with Gasteiger partial charge in [0.05, 0.1) is 5.69 Å². The zero-order valence-corrected chi connectivity index (χ0v) is 12.1. The highest BCUT2D eigenvalue weighted by Gasteiger charge is 2.26. The van der Waals surface area contributed by atoms with Crippen LogP contribution in [0.3, 0.4) is 0 Å². The molecule has 0 spiro atoms. The molecular formula is C17H21NO2. The van der Waals surface area contributed by atoms with Crippen LogP contribution in [0.2, 0.25) is 0 Å². The molecule has 1 amide bonds. The minimum atomic E-state index is 0.117. The zero-order valence-electron chi connectivity index (χ0n) is 12.1. The molecule has 1 aliphatic heterocycles. The Morgan fingerprint density at radius 1 is 1.40 bits per heavy atom. The number of allylic oxidation sites excluding steroid dienone is 2. The first kappa shape index (κ1) is 14.4. The van der Waals surface area contributed by atoms with Crippen LogP contribution in [-0.2, 0) is 17.6 Å². The maximum Gasteiger partial charge on any atom is 0.227 e. The quantitative estimate of drug-likeness (QED) is 0.853. The topological polar surface area (TPSA) is 40.5 Å². The van der Waals surface area contributed by atoms with Crippen molar-refractivity contribution in [2.24, 2.45) is 0 Å². The number of phenolic OH excluding ortho intramolecular Hbond substituents is 1. The summed E-state index contributed by atoms with van der Waals surface area (Å²) < 4.78 is 0. The number of amides is 1. The van der Waals surface area contributed by atoms with Gasteiger partial charge in [0.15, 0.2) is 0 Å². The second-order valence-corrected chi connectivity index (χ2v) is 5.35. The Hall–Kier alpha value is -2.03. The van der Waals surface area contributed by atoms with Crippen molar-refractivity contribution in [3.8, 4) is 5.75 Å². The summed E-state index contributed by atoms with van der Waals surface area (Å²) in [5.74, 6) is 0.353. The molecule has 1 aromatic carbocycles. The standard InChI is InChI=1S/C17H21NO2/c1-4-5-14-15(19)8-6-13-7-9-16(20)18(17(13)14)11-10-12(2)3/h4,6,8,10,19H,1,5,7,9,11H2,2-3H3. The van der Waals surface area contributed by atoms with Crippen LogP contribution in [-0.4, -0.2) is 17.6 Å². The average molecular weight is 271 g/mol. The summed E-state index contributed by atoms with van der Waals surface area (Å²) in [4.78, 5) is 14.0. The number of phenols is 1. The Balaban J connectivity index is 2.51. The molecule has 1 N–H and O–H groups in total. The van der Waals surface area contributed by atoms with Gasteiger partial charge >= 0.3 is 0 Å². The van der Waals surface area contributed by atoms with Gasteiger partial charge in [-0.3, -0.25) is 4.79 Å². The van der Waals surface area contributed by atoms with Crippen molar-refractivity contribution < 1.29 is 9.90 Å². The monoisotopic (exact) mass is 271 g/mol. The van der Waals surface area contributed by atoms with E-state index in [1.807, 2.05) is 26.0 Å². The third kappa shape index (κ3) is 2.77. The molecular weight excluding hydrogens is 250 g/mol. The summed E-state index contributed by atoms with van der Waals surface area (Å²) in [5.41, 5.74) is 3.98. The summed E-state index contributed by atoms with van der Waals surface area (Å²) in [5, 5.41) is 10.1. The fraction of sp³-hybridized carbons (Fsp3) is 0.353. The van der Waals surface area contributed by atoms with Gasteiger partial charge in [-0.15, -0.1) is 6.58 Å². The fourth-order valence-corrected chi connectivity index (χ4v) is 2.53. The summed E-state index contributed by atoms with van der Waals surface area (Å²) in [6.07, 6.45) is 5.63. The number of hydrogen-bond donors (Lipinski definition) is 1. The number of hydrogen-bond acceptors (Lipinski definition) is 2. The van der Waals surface area contributed by atoms with Gasteiger partial charge in [-0.25, -0.2) is 0 Å². The molecule has 0 aromatic heterocycles. The molecule has 0 saturated heterocycles. The molecule has 3 heteroatoms. The van der Waals surface area contributed by atoms with E-state index in [-0.39, 0.29) is 11.7 Å². The SMILES string of the molecule is C=CCc1c(O)ccc2c1N(CC=C(C)C)C(=O)CC2. The molecule has 0 atom stereocenters. The van der Waals surface area contributed by atoms with Crippen molar-refractivity contribution in [2.45, 2.75) is 33.1 Å². The van der Waals surface area contributed by atoms with Crippen LogP contribution in [0.1, 0.15) is 31.4 Å². The second-order valence-electron chi connectivity index (χ2n) is 5.35. The number of carbonyl (C=O) groups excluding carboxylic acids is 1. The zero-order chi connectivity index (χ0) is 14.7. The molecule has 0 saturated carbocycles. The van der Waals surface area contributed by atoms with Gasteiger partial charge in [0.25, 0.3) is 0 Å². The number of rotatable bonds is 4. The van der Waals surface area contributed by atoms with E-state index in [1.165, 1.54) is 5.57 Å². The Labute approximate surface area is 120 Å². The Bertz CT molecular complexity index is 569. The van der Waals surface area contributed by atoms with E-state index in [1.54, 1.807) is 17.0 Å². The van der Waals surface area contributed by atoms with Gasteiger partial charge < -0.3 is 10.0 Å². The highest BCUT2D eigenvalue weighted by molar-refractivity contribution is 5.98. The fourth-order valence-electron chi connectivity index (χ4n) is 2.53. The Morgan fingerprint density at radius 3 is 2.80 bits per heavy atom. The van der Waals surface area contributed by atoms with Crippen molar-refractivity contribution in [3.63, 3.8) is 0 Å². The summed E-state index contributed by atoms with van der Waals surface area (Å²) in [6, 6.07) is 3.63. The number of aromatic hydroxyl groups is 1. The van der Waals surface area contributed by atoms with E-state index >= 15 is 0 Å². The van der Waals surface area contributed by atoms with E-state index in [0.717, 1.165) is 23.2 Å². The minimum Gasteiger partial charge on any atom is -0.508 e. The number of anilines is 1. The Morgan fingerprint density at radius 2 is 2.15 bits per heavy atom. The van der Waals surface area contributed by atoms with Crippen LogP contribution in [0, 0.1) is 0 Å². The van der Waals surface area contributed by atoms with Gasteiger partial charge in [0.1, 0.15) is 5.75 Å². The van der Waals surface area contributed by atoms with Crippen molar-refractivity contribution >= 4 is 11.6 Å². The van der Waals surface area contributed by atoms with Crippen molar-refractivity contribution in [3.05, 3.63) is 47.6 Å². The van der Waals surface area contributed by atoms with Crippen molar-refractivity contribution in [1.82, 2.24) is 0 Å². The van der Waals surface area contributed by atoms with Crippen LogP contribution in [0.4, 0.5) is 5.69 Å². The molecule has 0 bridgehead atoms. The van der Waals surface area contributed by atoms with Crippen molar-refractivity contribution in [1.29, 1.82) is 0 Å². The first-order chi connectivity index (χ1) is 9.54. The summed E-state index contributed by atoms with van der Waals surface area (Å²) in [6.45, 7) is 8.33. The van der Waals surface area contributed by atoms with Crippen LogP contribution in [0.5, 0.6) is 5.75 Å². The van der Waals surface area contributed by atoms with Gasteiger partial charge in [0.2, 0.25) is 5.91 Å². The highest BCUT2D eigenvalue weighted by atomic mass is 16.3. The number of nitrogens with zero attached hydrogens (tertiary/aromatic N) is 1. The number of fused-ring (bicyclic) bond motifs is 1. The molecule has 1 heterocycles. The molecule has 106 valence electrons. The van der Waals surface area contributed by atoms with E-state index in [9.17, 15) is 9.90 Å². The molecule has 3 nitrogen and oxygen atoms in total. The maximum atomic E-state index is 12.2. The van der Waals surface area contributed by atoms with Gasteiger partial charge in [-0.2, -0.15) is 0 Å². The third-order valence-electron chi connectivity index (χ3n) is 3.55. The highest BCUT2D eigenvalue weighted by Crippen LogP contribution is 2.37. The predicted octanol–water partition coefficient (Wildman–Crippen LogP) is 3.37. The van der Waals surface area contributed by atoms with E-state index in [2.05, 4.69) is 6.58 Å². The molecule has 0 unspecified atom stereocenters. The summed E-state index contributed by atoms with van der Waals surface area (Å²) in [7, 11) is 0. The molecule has 1 aliphatic rings. The number of benzene rings is 1. The lowest BCUT2D eigenvalue weighted by Gasteiger charge is -2.31. The second kappa shape index (κ2) is 5.95. The average Bonchev–Trinajstić information content (AvgIpc) is 2.41. The lowest BCUT2D eigenvalue weighted by Crippen LogP contribution is -2.36.